The molecule has 3 aromatic rings. The molecule has 1 saturated carbocycles. The Bertz CT molecular complexity index is 877. The number of hydrogen-bond acceptors (Lipinski definition) is 4. The summed E-state index contributed by atoms with van der Waals surface area (Å²) in [5.41, 5.74) is 2.30. The number of rotatable bonds is 8. The van der Waals surface area contributed by atoms with Gasteiger partial charge >= 0.3 is 0 Å². The highest BCUT2D eigenvalue weighted by Gasteiger charge is 2.27. The number of H-pyrrole nitrogens is 1. The summed E-state index contributed by atoms with van der Waals surface area (Å²) in [6.45, 7) is 0. The van der Waals surface area contributed by atoms with E-state index < -0.39 is 0 Å². The molecule has 1 atom stereocenters. The molecule has 1 aliphatic carbocycles. The molecule has 1 aliphatic rings. The minimum atomic E-state index is -0.0594. The molecule has 6 heteroatoms. The number of carbonyl (C=O) groups excluding carboxylic acids is 1. The fraction of sp³-hybridized carbons (Fsp3) is 0.286. The van der Waals surface area contributed by atoms with Crippen LogP contribution in [0.15, 0.2) is 65.8 Å². The van der Waals surface area contributed by atoms with Crippen molar-refractivity contribution in [3.8, 4) is 0 Å². The molecule has 27 heavy (non-hydrogen) atoms. The predicted octanol–water partition coefficient (Wildman–Crippen LogP) is 3.87. The maximum Gasteiger partial charge on any atom is 0.230 e. The van der Waals surface area contributed by atoms with Crippen LogP contribution in [0.5, 0.6) is 0 Å². The highest BCUT2D eigenvalue weighted by Crippen LogP contribution is 2.38. The maximum atomic E-state index is 12.5. The first-order chi connectivity index (χ1) is 13.3. The highest BCUT2D eigenvalue weighted by molar-refractivity contribution is 7.99. The van der Waals surface area contributed by atoms with E-state index in [9.17, 15) is 4.79 Å². The number of aromatic amines is 1. The molecule has 1 amide bonds. The summed E-state index contributed by atoms with van der Waals surface area (Å²) in [7, 11) is 0. The second-order valence-corrected chi connectivity index (χ2v) is 7.73. The van der Waals surface area contributed by atoms with E-state index in [4.69, 9.17) is 0 Å². The van der Waals surface area contributed by atoms with Crippen molar-refractivity contribution in [2.24, 2.45) is 0 Å². The van der Waals surface area contributed by atoms with E-state index in [2.05, 4.69) is 44.8 Å². The van der Waals surface area contributed by atoms with E-state index >= 15 is 0 Å². The molecule has 0 spiro atoms. The zero-order valence-electron chi connectivity index (χ0n) is 15.0. The highest BCUT2D eigenvalue weighted by atomic mass is 32.2. The Kier molecular flexibility index (Phi) is 5.53. The molecular formula is C21H22N4OS. The lowest BCUT2D eigenvalue weighted by Crippen LogP contribution is -2.31. The van der Waals surface area contributed by atoms with Crippen LogP contribution in [-0.4, -0.2) is 26.8 Å². The van der Waals surface area contributed by atoms with Crippen LogP contribution < -0.4 is 5.32 Å². The van der Waals surface area contributed by atoms with E-state index in [1.165, 1.54) is 30.2 Å². The molecule has 2 N–H and O–H groups in total. The van der Waals surface area contributed by atoms with Crippen molar-refractivity contribution in [3.05, 3.63) is 77.6 Å². The van der Waals surface area contributed by atoms with Gasteiger partial charge < -0.3 is 5.32 Å². The van der Waals surface area contributed by atoms with Gasteiger partial charge in [0.1, 0.15) is 5.82 Å². The van der Waals surface area contributed by atoms with Crippen molar-refractivity contribution < 1.29 is 4.79 Å². The molecule has 1 aromatic heterocycles. The van der Waals surface area contributed by atoms with Crippen molar-refractivity contribution in [3.63, 3.8) is 0 Å². The van der Waals surface area contributed by atoms with E-state index in [0.29, 0.717) is 16.8 Å². The third-order valence-corrected chi connectivity index (χ3v) is 5.45. The number of hydrogen-bond donors (Lipinski definition) is 2. The summed E-state index contributed by atoms with van der Waals surface area (Å²) in [5.74, 6) is 1.78. The maximum absolute atomic E-state index is 12.5. The molecule has 5 nitrogen and oxygen atoms in total. The monoisotopic (exact) mass is 378 g/mol. The lowest BCUT2D eigenvalue weighted by atomic mass is 9.99. The van der Waals surface area contributed by atoms with Crippen LogP contribution >= 0.6 is 11.8 Å². The van der Waals surface area contributed by atoms with Crippen molar-refractivity contribution in [2.75, 3.05) is 5.75 Å². The van der Waals surface area contributed by atoms with Gasteiger partial charge in [-0.05, 0) is 30.4 Å². The Balaban J connectivity index is 1.38. The van der Waals surface area contributed by atoms with Gasteiger partial charge in [-0.1, -0.05) is 72.4 Å². The molecule has 1 unspecified atom stereocenters. The van der Waals surface area contributed by atoms with Crippen LogP contribution in [0, 0.1) is 0 Å². The first-order valence-corrected chi connectivity index (χ1v) is 10.2. The van der Waals surface area contributed by atoms with Gasteiger partial charge in [-0.15, -0.1) is 5.10 Å². The largest absolute Gasteiger partial charge is 0.348 e. The Morgan fingerprint density at radius 3 is 2.52 bits per heavy atom. The fourth-order valence-corrected chi connectivity index (χ4v) is 3.63. The number of carbonyl (C=O) groups is 1. The fourth-order valence-electron chi connectivity index (χ4n) is 3.02. The zero-order chi connectivity index (χ0) is 18.5. The summed E-state index contributed by atoms with van der Waals surface area (Å²) in [6, 6.07) is 20.3. The van der Waals surface area contributed by atoms with Gasteiger partial charge in [0.2, 0.25) is 11.1 Å². The van der Waals surface area contributed by atoms with Gasteiger partial charge in [-0.2, -0.15) is 0 Å². The molecule has 1 heterocycles. The summed E-state index contributed by atoms with van der Waals surface area (Å²) >= 11 is 1.37. The van der Waals surface area contributed by atoms with Crippen LogP contribution in [0.1, 0.15) is 41.8 Å². The lowest BCUT2D eigenvalue weighted by Gasteiger charge is -2.19. The normalized spacial score (nSPS) is 14.7. The standard InChI is InChI=1S/C21H22N4OS/c26-19(14-27-21-23-20(24-25-21)17-11-12-17)22-18(16-9-5-2-6-10-16)13-15-7-3-1-4-8-15/h1-10,17-18H,11-14H2,(H,22,26)(H,23,24,25). The van der Waals surface area contributed by atoms with Crippen LogP contribution in [0.3, 0.4) is 0 Å². The van der Waals surface area contributed by atoms with E-state index in [-0.39, 0.29) is 11.9 Å². The average Bonchev–Trinajstić information content (AvgIpc) is 3.45. The van der Waals surface area contributed by atoms with Crippen molar-refractivity contribution in [2.45, 2.75) is 36.4 Å². The van der Waals surface area contributed by atoms with Gasteiger partial charge in [-0.3, -0.25) is 9.89 Å². The molecule has 0 saturated heterocycles. The van der Waals surface area contributed by atoms with E-state index in [0.717, 1.165) is 17.8 Å². The first-order valence-electron chi connectivity index (χ1n) is 9.21. The third-order valence-electron chi connectivity index (χ3n) is 4.60. The van der Waals surface area contributed by atoms with Gasteiger partial charge in [0, 0.05) is 5.92 Å². The van der Waals surface area contributed by atoms with Crippen molar-refractivity contribution in [1.82, 2.24) is 20.5 Å². The summed E-state index contributed by atoms with van der Waals surface area (Å²) < 4.78 is 0. The number of benzene rings is 2. The Morgan fingerprint density at radius 1 is 1.11 bits per heavy atom. The summed E-state index contributed by atoms with van der Waals surface area (Å²) in [4.78, 5) is 17.0. The second kappa shape index (κ2) is 8.39. The van der Waals surface area contributed by atoms with Gasteiger partial charge in [0.15, 0.2) is 0 Å². The average molecular weight is 379 g/mol. The summed E-state index contributed by atoms with van der Waals surface area (Å²) in [5, 5.41) is 11.0. The summed E-state index contributed by atoms with van der Waals surface area (Å²) in [6.07, 6.45) is 3.11. The molecule has 138 valence electrons. The Hall–Kier alpha value is -2.60. The molecular weight excluding hydrogens is 356 g/mol. The second-order valence-electron chi connectivity index (χ2n) is 6.79. The molecule has 2 aromatic carbocycles. The number of nitrogens with one attached hydrogen (secondary N) is 2. The van der Waals surface area contributed by atoms with E-state index in [1.807, 2.05) is 36.4 Å². The van der Waals surface area contributed by atoms with Crippen molar-refractivity contribution >= 4 is 17.7 Å². The molecule has 0 bridgehead atoms. The number of amides is 1. The van der Waals surface area contributed by atoms with Gasteiger partial charge in [0.25, 0.3) is 0 Å². The van der Waals surface area contributed by atoms with Crippen LogP contribution in [0.4, 0.5) is 0 Å². The Morgan fingerprint density at radius 2 is 1.81 bits per heavy atom. The molecule has 0 radical (unpaired) electrons. The van der Waals surface area contributed by atoms with Crippen LogP contribution in [-0.2, 0) is 11.2 Å². The predicted molar refractivity (Wildman–Crippen MR) is 107 cm³/mol. The Labute approximate surface area is 163 Å². The van der Waals surface area contributed by atoms with Crippen LogP contribution in [0.25, 0.3) is 0 Å². The lowest BCUT2D eigenvalue weighted by molar-refractivity contribution is -0.119. The quantitative estimate of drug-likeness (QED) is 0.584. The van der Waals surface area contributed by atoms with Gasteiger partial charge in [0.05, 0.1) is 11.8 Å². The number of thioether (sulfide) groups is 1. The minimum Gasteiger partial charge on any atom is -0.348 e. The van der Waals surface area contributed by atoms with Crippen LogP contribution in [0.2, 0.25) is 0 Å². The minimum absolute atomic E-state index is 0.0115. The zero-order valence-corrected chi connectivity index (χ0v) is 15.8. The number of nitrogens with zero attached hydrogens (tertiary/aromatic N) is 2. The number of aromatic nitrogens is 3. The molecule has 1 fully saturated rings. The van der Waals surface area contributed by atoms with E-state index in [1.54, 1.807) is 0 Å². The first kappa shape index (κ1) is 17.8. The molecule has 4 rings (SSSR count). The van der Waals surface area contributed by atoms with Gasteiger partial charge in [-0.25, -0.2) is 4.98 Å². The third kappa shape index (κ3) is 4.98. The SMILES string of the molecule is O=C(CSc1n[nH]c(C2CC2)n1)NC(Cc1ccccc1)c1ccccc1. The molecule has 0 aliphatic heterocycles. The van der Waals surface area contributed by atoms with Crippen molar-refractivity contribution in [1.29, 1.82) is 0 Å². The topological polar surface area (TPSA) is 70.7 Å². The smallest absolute Gasteiger partial charge is 0.230 e.